The summed E-state index contributed by atoms with van der Waals surface area (Å²) in [7, 11) is 2.90. The second kappa shape index (κ2) is 25.3. The van der Waals surface area contributed by atoms with Gasteiger partial charge >= 0.3 is 18.1 Å². The number of carbonyl (C=O) groups excluding carboxylic acids is 7. The maximum atomic E-state index is 14.3. The molecule has 10 bridgehead atoms. The number of nitrogens with zero attached hydrogens (tertiary/aromatic N) is 7. The van der Waals surface area contributed by atoms with Crippen LogP contribution in [0.5, 0.6) is 0 Å². The van der Waals surface area contributed by atoms with Crippen molar-refractivity contribution in [1.82, 2.24) is 56.2 Å². The lowest BCUT2D eigenvalue weighted by Gasteiger charge is -2.26. The van der Waals surface area contributed by atoms with Gasteiger partial charge in [0.1, 0.15) is 71.1 Å². The molecule has 0 saturated carbocycles. The molecule has 1 aromatic carbocycles. The molecule has 0 fully saturated rings. The third kappa shape index (κ3) is 13.5. The third-order valence-corrected chi connectivity index (χ3v) is 18.1. The molecule has 0 radical (unpaired) electrons. The molecule has 1 aliphatic heterocycles. The van der Waals surface area contributed by atoms with Gasteiger partial charge in [-0.15, -0.1) is 68.0 Å². The van der Waals surface area contributed by atoms with E-state index in [1.165, 1.54) is 54.5 Å². The average molecular weight is 1230 g/mol. The summed E-state index contributed by atoms with van der Waals surface area (Å²) in [5.74, 6) is -6.72. The molecule has 8 aromatic rings. The fraction of sp³-hybridized carbons (Fsp3) is 0.308. The van der Waals surface area contributed by atoms with Gasteiger partial charge in [0.15, 0.2) is 11.9 Å². The van der Waals surface area contributed by atoms with E-state index in [2.05, 4.69) is 26.3 Å². The number of aromatic nitrogens is 7. The summed E-state index contributed by atoms with van der Waals surface area (Å²) in [5, 5.41) is 20.7. The van der Waals surface area contributed by atoms with Crippen molar-refractivity contribution in [3.05, 3.63) is 111 Å². The van der Waals surface area contributed by atoms with E-state index in [0.717, 1.165) is 45.3 Å². The zero-order valence-electron chi connectivity index (χ0n) is 44.0. The summed E-state index contributed by atoms with van der Waals surface area (Å²) < 4.78 is 50.9. The number of fused-ring (bicyclic) bond motifs is 14. The molecule has 0 aliphatic carbocycles. The maximum absolute atomic E-state index is 14.3. The standard InChI is InChI=1S/C52H47F3N12O9S6/c1-22(2)27-14-33(69)38-23(3)81-49(66-38)29(15-36(70)56-5)59-43(72)31-19-77-45(61-31)26-12-13-28(47-63-35(21-80-47)64-51(74)52(53,54)55)58-39(26)30-18-78-48(60-30)32-20-79-50(62-32)41(42(76-24(4)68)25-10-8-7-9-11-25)65-37(71)16-57-44(73)40-34(17-75-6)82-46(27)67-40/h7-13,18-22,27,29,41-42H,14-17H2,1-6H3,(H,56,70)(H,57,73)(H,59,72)(H,64,74)(H,65,71)/t27-,29+,41+,42+/m1/s1. The van der Waals surface area contributed by atoms with Gasteiger partial charge in [0.2, 0.25) is 11.8 Å². The normalized spacial score (nSPS) is 16.6. The Balaban J connectivity index is 1.15. The lowest BCUT2D eigenvalue weighted by Crippen LogP contribution is -2.41. The Hall–Kier alpha value is -7.61. The molecule has 5 N–H and O–H groups in total. The minimum atomic E-state index is -5.17. The SMILES string of the molecule is CNC(=O)C[C@@H]1NC(=O)c2csc(n2)-c2ccc(-c3nc(NC(=O)C(F)(F)F)cs3)nc2-c2csc(n2)-c2csc(n2)[C@H]([C@@H](OC(C)=O)c2ccccc2)NC(=O)CNC(=O)c2nc(sc2COC)[C@@H](C(C)C)CC(=O)c2nc1sc2C. The van der Waals surface area contributed by atoms with Crippen LogP contribution in [0.1, 0.15) is 120 Å². The number of aryl methyl sites for hydroxylation is 1. The summed E-state index contributed by atoms with van der Waals surface area (Å²) >= 11 is 6.65. The molecular weight excluding hydrogens is 1190 g/mol. The number of benzene rings is 1. The second-order valence-electron chi connectivity index (χ2n) is 18.5. The minimum Gasteiger partial charge on any atom is -0.455 e. The Bertz CT molecular complexity index is 3720. The number of rotatable bonds is 10. The van der Waals surface area contributed by atoms with E-state index in [1.807, 2.05) is 13.8 Å². The first kappa shape index (κ1) is 59.0. The fourth-order valence-electron chi connectivity index (χ4n) is 8.38. The van der Waals surface area contributed by atoms with Gasteiger partial charge in [0, 0.05) is 65.4 Å². The molecule has 21 nitrogen and oxygen atoms in total. The molecule has 30 heteroatoms. The van der Waals surface area contributed by atoms with E-state index in [9.17, 15) is 46.7 Å². The van der Waals surface area contributed by atoms with Gasteiger partial charge in [0.25, 0.3) is 11.8 Å². The molecule has 0 unspecified atom stereocenters. The Morgan fingerprint density at radius 2 is 1.44 bits per heavy atom. The van der Waals surface area contributed by atoms with Crippen molar-refractivity contribution in [2.75, 3.05) is 26.0 Å². The Morgan fingerprint density at radius 3 is 2.16 bits per heavy atom. The maximum Gasteiger partial charge on any atom is 0.471 e. The topological polar surface area (TPSA) is 288 Å². The molecule has 5 amide bonds. The first-order valence-electron chi connectivity index (χ1n) is 24.7. The summed E-state index contributed by atoms with van der Waals surface area (Å²) in [5.41, 5.74) is 1.99. The third-order valence-electron chi connectivity index (χ3n) is 12.4. The highest BCUT2D eigenvalue weighted by Gasteiger charge is 2.39. The highest BCUT2D eigenvalue weighted by atomic mass is 32.1. The van der Waals surface area contributed by atoms with Gasteiger partial charge in [-0.05, 0) is 30.5 Å². The van der Waals surface area contributed by atoms with E-state index in [4.69, 9.17) is 39.4 Å². The minimum absolute atomic E-state index is 0.00363. The number of methoxy groups -OCH3 is 1. The van der Waals surface area contributed by atoms with Gasteiger partial charge in [-0.3, -0.25) is 33.6 Å². The second-order valence-corrected chi connectivity index (χ2v) is 24.3. The Labute approximate surface area is 488 Å². The van der Waals surface area contributed by atoms with Crippen LogP contribution in [0.2, 0.25) is 0 Å². The lowest BCUT2D eigenvalue weighted by molar-refractivity contribution is -0.167. The van der Waals surface area contributed by atoms with Crippen molar-refractivity contribution < 1.29 is 56.2 Å². The number of ketones is 1. The van der Waals surface area contributed by atoms with Crippen LogP contribution in [0.4, 0.5) is 19.0 Å². The number of hydrogen-bond acceptors (Lipinski definition) is 22. The Kier molecular flexibility index (Phi) is 18.2. The van der Waals surface area contributed by atoms with Crippen LogP contribution in [0.3, 0.4) is 0 Å². The fourth-order valence-corrected chi connectivity index (χ4v) is 13.9. The molecule has 7 aromatic heterocycles. The molecule has 426 valence electrons. The predicted molar refractivity (Wildman–Crippen MR) is 303 cm³/mol. The molecule has 0 spiro atoms. The van der Waals surface area contributed by atoms with E-state index in [1.54, 1.807) is 65.5 Å². The number of Topliss-reactive ketones (excluding diaryl/α,β-unsaturated/α-hetero) is 1. The van der Waals surface area contributed by atoms with Gasteiger partial charge in [-0.25, -0.2) is 34.9 Å². The summed E-state index contributed by atoms with van der Waals surface area (Å²) in [6.07, 6.45) is -6.60. The van der Waals surface area contributed by atoms with Crippen molar-refractivity contribution in [3.63, 3.8) is 0 Å². The van der Waals surface area contributed by atoms with Crippen LogP contribution in [0, 0.1) is 12.8 Å². The number of hydrogen-bond donors (Lipinski definition) is 5. The molecular formula is C52H47F3N12O9S6. The number of thiazole rings is 6. The number of nitrogens with one attached hydrogen (secondary N) is 5. The smallest absolute Gasteiger partial charge is 0.455 e. The van der Waals surface area contributed by atoms with Crippen LogP contribution >= 0.6 is 68.0 Å². The van der Waals surface area contributed by atoms with Crippen LogP contribution in [0.25, 0.3) is 43.4 Å². The monoisotopic (exact) mass is 1230 g/mol. The van der Waals surface area contributed by atoms with Crippen LogP contribution in [0.15, 0.2) is 64.0 Å². The van der Waals surface area contributed by atoms with Crippen LogP contribution in [-0.4, -0.2) is 103 Å². The molecule has 9 rings (SSSR count). The van der Waals surface area contributed by atoms with E-state index in [-0.39, 0.29) is 81.1 Å². The van der Waals surface area contributed by atoms with Crippen molar-refractivity contribution in [2.45, 2.75) is 77.4 Å². The molecule has 8 heterocycles. The number of halogens is 3. The number of amides is 5. The van der Waals surface area contributed by atoms with Gasteiger partial charge in [0.05, 0.1) is 41.2 Å². The molecule has 0 saturated heterocycles. The number of ether oxygens (including phenoxy) is 2. The molecule has 4 atom stereocenters. The summed E-state index contributed by atoms with van der Waals surface area (Å²) in [6.45, 7) is 6.21. The highest BCUT2D eigenvalue weighted by Crippen LogP contribution is 2.41. The molecule has 82 heavy (non-hydrogen) atoms. The number of esters is 1. The summed E-state index contributed by atoms with van der Waals surface area (Å²) in [4.78, 5) is 128. The molecule has 1 aliphatic rings. The zero-order valence-corrected chi connectivity index (χ0v) is 48.9. The van der Waals surface area contributed by atoms with Crippen molar-refractivity contribution in [2.24, 2.45) is 5.92 Å². The highest BCUT2D eigenvalue weighted by molar-refractivity contribution is 7.15. The number of anilines is 1. The number of alkyl halides is 3. The van der Waals surface area contributed by atoms with Crippen molar-refractivity contribution in [3.8, 4) is 43.4 Å². The zero-order chi connectivity index (χ0) is 58.6. The van der Waals surface area contributed by atoms with Gasteiger partial charge in [-0.1, -0.05) is 44.2 Å². The van der Waals surface area contributed by atoms with E-state index >= 15 is 0 Å². The number of pyridine rings is 1. The van der Waals surface area contributed by atoms with Gasteiger partial charge < -0.3 is 36.1 Å². The summed E-state index contributed by atoms with van der Waals surface area (Å²) in [6, 6.07) is 9.74. The first-order chi connectivity index (χ1) is 39.2. The Morgan fingerprint density at radius 1 is 0.744 bits per heavy atom. The first-order valence-corrected chi connectivity index (χ1v) is 29.9. The van der Waals surface area contributed by atoms with Crippen LogP contribution < -0.4 is 26.6 Å². The van der Waals surface area contributed by atoms with Crippen molar-refractivity contribution in [1.29, 1.82) is 0 Å². The van der Waals surface area contributed by atoms with Crippen molar-refractivity contribution >= 4 is 115 Å². The number of carbonyl (C=O) groups is 7. The lowest BCUT2D eigenvalue weighted by atomic mass is 9.90. The van der Waals surface area contributed by atoms with E-state index in [0.29, 0.717) is 46.6 Å². The predicted octanol–water partition coefficient (Wildman–Crippen LogP) is 9.27. The van der Waals surface area contributed by atoms with Crippen LogP contribution in [-0.2, 0) is 35.3 Å². The average Bonchev–Trinajstić information content (AvgIpc) is 4.33. The van der Waals surface area contributed by atoms with E-state index < -0.39 is 72.3 Å². The largest absolute Gasteiger partial charge is 0.471 e. The quantitative estimate of drug-likeness (QED) is 0.0797. The van der Waals surface area contributed by atoms with Gasteiger partial charge in [-0.2, -0.15) is 13.2 Å².